The van der Waals surface area contributed by atoms with Crippen molar-refractivity contribution in [3.8, 4) is 0 Å². The van der Waals surface area contributed by atoms with Crippen molar-refractivity contribution < 1.29 is 0 Å². The maximum atomic E-state index is 4.11. The van der Waals surface area contributed by atoms with Crippen LogP contribution in [-0.2, 0) is 0 Å². The van der Waals surface area contributed by atoms with Gasteiger partial charge in [-0.2, -0.15) is 0 Å². The molecule has 2 aromatic heterocycles. The predicted octanol–water partition coefficient (Wildman–Crippen LogP) is 1.35. The van der Waals surface area contributed by atoms with Crippen molar-refractivity contribution in [2.24, 2.45) is 0 Å². The van der Waals surface area contributed by atoms with Gasteiger partial charge in [-0.25, -0.2) is 9.97 Å². The summed E-state index contributed by atoms with van der Waals surface area (Å²) >= 11 is 0. The minimum Gasteiger partial charge on any atom is -0.287 e. The van der Waals surface area contributed by atoms with Gasteiger partial charge in [-0.1, -0.05) is 0 Å². The van der Waals surface area contributed by atoms with Crippen molar-refractivity contribution in [3.05, 3.63) is 30.0 Å². The molecule has 56 valence electrons. The highest BCUT2D eigenvalue weighted by atomic mass is 15.1. The van der Waals surface area contributed by atoms with Crippen LogP contribution < -0.4 is 0 Å². The molecule has 3 heteroatoms. The highest BCUT2D eigenvalue weighted by molar-refractivity contribution is 5.41. The molecule has 0 fully saturated rings. The zero-order valence-corrected chi connectivity index (χ0v) is 6.57. The summed E-state index contributed by atoms with van der Waals surface area (Å²) in [5, 5.41) is 0. The Kier molecular flexibility index (Phi) is 1.18. The minimum absolute atomic E-state index is 0.968. The van der Waals surface area contributed by atoms with Crippen LogP contribution in [0.15, 0.2) is 18.5 Å². The largest absolute Gasteiger partial charge is 0.287 e. The van der Waals surface area contributed by atoms with Gasteiger partial charge in [0.15, 0.2) is 0 Å². The molecule has 0 N–H and O–H groups in total. The van der Waals surface area contributed by atoms with Crippen molar-refractivity contribution >= 4 is 5.65 Å². The van der Waals surface area contributed by atoms with E-state index in [0.29, 0.717) is 0 Å². The van der Waals surface area contributed by atoms with Crippen LogP contribution in [0.5, 0.6) is 0 Å². The van der Waals surface area contributed by atoms with E-state index in [9.17, 15) is 0 Å². The van der Waals surface area contributed by atoms with Crippen molar-refractivity contribution in [1.82, 2.24) is 14.4 Å². The van der Waals surface area contributed by atoms with Crippen LogP contribution in [0.2, 0.25) is 0 Å². The molecule has 2 rings (SSSR count). The number of rotatable bonds is 0. The van der Waals surface area contributed by atoms with Crippen LogP contribution in [0.1, 0.15) is 11.5 Å². The first-order chi connectivity index (χ1) is 5.29. The summed E-state index contributed by atoms with van der Waals surface area (Å²) in [5.41, 5.74) is 2.15. The lowest BCUT2D eigenvalue weighted by molar-refractivity contribution is 0.919. The second-order valence-electron chi connectivity index (χ2n) is 2.59. The minimum atomic E-state index is 0.968. The number of nitrogens with zero attached hydrogens (tertiary/aromatic N) is 3. The molecule has 2 aromatic rings. The van der Waals surface area contributed by atoms with Crippen LogP contribution in [0.4, 0.5) is 0 Å². The summed E-state index contributed by atoms with van der Waals surface area (Å²) in [6.07, 6.45) is 1.59. The lowest BCUT2D eigenvalue weighted by Crippen LogP contribution is -1.97. The van der Waals surface area contributed by atoms with Gasteiger partial charge in [-0.05, 0) is 26.0 Å². The van der Waals surface area contributed by atoms with Crippen molar-refractivity contribution in [3.63, 3.8) is 0 Å². The average molecular weight is 147 g/mol. The van der Waals surface area contributed by atoms with E-state index in [2.05, 4.69) is 9.97 Å². The molecule has 0 unspecified atom stereocenters. The van der Waals surface area contributed by atoms with Crippen LogP contribution in [0.25, 0.3) is 5.65 Å². The summed E-state index contributed by atoms with van der Waals surface area (Å²) in [7, 11) is 0. The Balaban J connectivity index is 2.96. The molecule has 0 radical (unpaired) electrons. The molecule has 0 atom stereocenters. The molecule has 0 bridgehead atoms. The van der Waals surface area contributed by atoms with Gasteiger partial charge < -0.3 is 0 Å². The molecule has 0 amide bonds. The standard InChI is InChI=1S/C8H9N3/c1-6-3-4-8-10-5-9-7(2)11(6)8/h3-5H,1-2H3. The highest BCUT2D eigenvalue weighted by Gasteiger charge is 1.99. The average Bonchev–Trinajstić information content (AvgIpc) is 2.34. The van der Waals surface area contributed by atoms with Gasteiger partial charge in [0.25, 0.3) is 0 Å². The van der Waals surface area contributed by atoms with Crippen molar-refractivity contribution in [2.45, 2.75) is 13.8 Å². The third-order valence-corrected chi connectivity index (χ3v) is 1.81. The molecular weight excluding hydrogens is 138 g/mol. The Morgan fingerprint density at radius 1 is 1.18 bits per heavy atom. The fourth-order valence-electron chi connectivity index (χ4n) is 1.28. The second-order valence-corrected chi connectivity index (χ2v) is 2.59. The highest BCUT2D eigenvalue weighted by Crippen LogP contribution is 2.06. The first-order valence-electron chi connectivity index (χ1n) is 3.55. The summed E-state index contributed by atoms with van der Waals surface area (Å²) in [6.45, 7) is 4.02. The molecule has 0 saturated carbocycles. The van der Waals surface area contributed by atoms with E-state index >= 15 is 0 Å². The first-order valence-corrected chi connectivity index (χ1v) is 3.55. The molecule has 0 saturated heterocycles. The maximum Gasteiger partial charge on any atom is 0.140 e. The van der Waals surface area contributed by atoms with E-state index < -0.39 is 0 Å². The molecular formula is C8H9N3. The van der Waals surface area contributed by atoms with E-state index in [0.717, 1.165) is 11.5 Å². The predicted molar refractivity (Wildman–Crippen MR) is 42.5 cm³/mol. The summed E-state index contributed by atoms with van der Waals surface area (Å²) < 4.78 is 2.03. The summed E-state index contributed by atoms with van der Waals surface area (Å²) in [6, 6.07) is 4.03. The molecule has 11 heavy (non-hydrogen) atoms. The SMILES string of the molecule is Cc1ccc2ncnc(C)n12. The topological polar surface area (TPSA) is 30.2 Å². The monoisotopic (exact) mass is 147 g/mol. The quantitative estimate of drug-likeness (QED) is 0.563. The number of aryl methyl sites for hydroxylation is 2. The second kappa shape index (κ2) is 2.05. The maximum absolute atomic E-state index is 4.11. The van der Waals surface area contributed by atoms with Gasteiger partial charge in [-0.3, -0.25) is 4.40 Å². The van der Waals surface area contributed by atoms with Crippen molar-refractivity contribution in [2.75, 3.05) is 0 Å². The molecule has 0 aromatic carbocycles. The van der Waals surface area contributed by atoms with E-state index in [-0.39, 0.29) is 0 Å². The molecule has 0 spiro atoms. The molecule has 2 heterocycles. The number of aromatic nitrogens is 3. The number of hydrogen-bond acceptors (Lipinski definition) is 2. The Hall–Kier alpha value is -1.38. The van der Waals surface area contributed by atoms with Crippen molar-refractivity contribution in [1.29, 1.82) is 0 Å². The van der Waals surface area contributed by atoms with E-state index in [1.54, 1.807) is 6.33 Å². The molecule has 0 aliphatic rings. The zero-order chi connectivity index (χ0) is 7.84. The van der Waals surface area contributed by atoms with E-state index in [4.69, 9.17) is 0 Å². The Labute approximate surface area is 64.7 Å². The van der Waals surface area contributed by atoms with Gasteiger partial charge in [0.1, 0.15) is 17.8 Å². The Morgan fingerprint density at radius 2 is 2.00 bits per heavy atom. The van der Waals surface area contributed by atoms with Crippen LogP contribution in [-0.4, -0.2) is 14.4 Å². The fourth-order valence-corrected chi connectivity index (χ4v) is 1.28. The first kappa shape index (κ1) is 6.34. The van der Waals surface area contributed by atoms with E-state index in [1.807, 2.05) is 30.4 Å². The van der Waals surface area contributed by atoms with Gasteiger partial charge in [0, 0.05) is 5.69 Å². The normalized spacial score (nSPS) is 10.7. The lowest BCUT2D eigenvalue weighted by atomic mass is 10.5. The third kappa shape index (κ3) is 0.808. The Bertz CT molecular complexity index is 389. The van der Waals surface area contributed by atoms with Gasteiger partial charge in [0.2, 0.25) is 0 Å². The summed E-state index contributed by atoms with van der Waals surface area (Å²) in [4.78, 5) is 8.21. The Morgan fingerprint density at radius 3 is 2.73 bits per heavy atom. The van der Waals surface area contributed by atoms with Gasteiger partial charge >= 0.3 is 0 Å². The zero-order valence-electron chi connectivity index (χ0n) is 6.57. The summed E-state index contributed by atoms with van der Waals surface area (Å²) in [5.74, 6) is 0.984. The smallest absolute Gasteiger partial charge is 0.140 e. The molecule has 0 aliphatic heterocycles. The number of hydrogen-bond donors (Lipinski definition) is 0. The molecule has 0 aliphatic carbocycles. The number of fused-ring (bicyclic) bond motifs is 1. The fraction of sp³-hybridized carbons (Fsp3) is 0.250. The van der Waals surface area contributed by atoms with Gasteiger partial charge in [-0.15, -0.1) is 0 Å². The van der Waals surface area contributed by atoms with Crippen LogP contribution >= 0.6 is 0 Å². The van der Waals surface area contributed by atoms with Crippen LogP contribution in [0, 0.1) is 13.8 Å². The molecule has 3 nitrogen and oxygen atoms in total. The van der Waals surface area contributed by atoms with Gasteiger partial charge in [0.05, 0.1) is 0 Å². The third-order valence-electron chi connectivity index (χ3n) is 1.81. The van der Waals surface area contributed by atoms with E-state index in [1.165, 1.54) is 5.69 Å². The van der Waals surface area contributed by atoms with Crippen LogP contribution in [0.3, 0.4) is 0 Å². The lowest BCUT2D eigenvalue weighted by Gasteiger charge is -1.99.